The molecule has 0 amide bonds. The lowest BCUT2D eigenvalue weighted by molar-refractivity contribution is 0.104. The lowest BCUT2D eigenvalue weighted by Crippen LogP contribution is -2.22. The van der Waals surface area contributed by atoms with E-state index in [0.717, 1.165) is 44.5 Å². The monoisotopic (exact) mass is 664 g/mol. The third-order valence-corrected chi connectivity index (χ3v) is 10.0. The summed E-state index contributed by atoms with van der Waals surface area (Å²) in [4.78, 5) is 19.6. The van der Waals surface area contributed by atoms with Crippen LogP contribution < -0.4 is 0 Å². The van der Waals surface area contributed by atoms with Crippen molar-refractivity contribution in [1.82, 2.24) is 9.80 Å². The van der Waals surface area contributed by atoms with Crippen LogP contribution in [0.15, 0.2) is 47.2 Å². The van der Waals surface area contributed by atoms with Crippen LogP contribution >= 0.6 is 22.7 Å². The highest BCUT2D eigenvalue weighted by Gasteiger charge is 2.28. The number of likely N-dealkylation sites (N-methyl/N-ethyl adjacent to an activating group) is 2. The number of carbonyl (C=O) groups excluding carboxylic acids is 1. The summed E-state index contributed by atoms with van der Waals surface area (Å²) < 4.78 is 0. The number of nitrogens with zero attached hydrogens (tertiary/aromatic N) is 2. The van der Waals surface area contributed by atoms with E-state index in [1.165, 1.54) is 22.7 Å². The minimum atomic E-state index is -0.335. The van der Waals surface area contributed by atoms with Crippen molar-refractivity contribution in [3.05, 3.63) is 79.2 Å². The van der Waals surface area contributed by atoms with Crippen LogP contribution in [-0.2, 0) is 23.9 Å². The van der Waals surface area contributed by atoms with Gasteiger partial charge in [-0.25, -0.2) is 0 Å². The van der Waals surface area contributed by atoms with E-state index < -0.39 is 0 Å². The molecule has 0 radical (unpaired) electrons. The zero-order chi connectivity index (χ0) is 34.0. The summed E-state index contributed by atoms with van der Waals surface area (Å²) in [6, 6.07) is 11.8. The number of aliphatic hydroxyl groups is 2. The van der Waals surface area contributed by atoms with Crippen molar-refractivity contribution < 1.29 is 25.2 Å². The van der Waals surface area contributed by atoms with E-state index in [-0.39, 0.29) is 41.3 Å². The molecule has 2 heterocycles. The first-order chi connectivity index (χ1) is 21.6. The Hall–Kier alpha value is -3.05. The summed E-state index contributed by atoms with van der Waals surface area (Å²) in [5, 5.41) is 45.3. The minimum Gasteiger partial charge on any atom is -0.507 e. The molecular formula is C37H48N2O5S2. The van der Waals surface area contributed by atoms with Gasteiger partial charge in [0.2, 0.25) is 5.78 Å². The van der Waals surface area contributed by atoms with Gasteiger partial charge in [0.05, 0.1) is 23.0 Å². The molecule has 0 fully saturated rings. The Morgan fingerprint density at radius 1 is 0.674 bits per heavy atom. The van der Waals surface area contributed by atoms with Crippen LogP contribution in [0, 0.1) is 0 Å². The number of aromatic hydroxyl groups is 2. The zero-order valence-electron chi connectivity index (χ0n) is 28.3. The van der Waals surface area contributed by atoms with Crippen molar-refractivity contribution >= 4 is 28.5 Å². The van der Waals surface area contributed by atoms with Gasteiger partial charge >= 0.3 is 0 Å². The van der Waals surface area contributed by atoms with Gasteiger partial charge in [-0.05, 0) is 83.2 Å². The molecule has 2 aromatic carbocycles. The fourth-order valence-corrected chi connectivity index (χ4v) is 7.48. The molecule has 0 unspecified atom stereocenters. The predicted octanol–water partition coefficient (Wildman–Crippen LogP) is 7.23. The second-order valence-electron chi connectivity index (χ2n) is 14.1. The van der Waals surface area contributed by atoms with Crippen LogP contribution in [0.1, 0.15) is 78.3 Å². The average Bonchev–Trinajstić information content (AvgIpc) is 3.64. The van der Waals surface area contributed by atoms with Gasteiger partial charge in [-0.15, -0.1) is 22.7 Å². The predicted molar refractivity (Wildman–Crippen MR) is 191 cm³/mol. The summed E-state index contributed by atoms with van der Waals surface area (Å²) in [5.41, 5.74) is 5.80. The highest BCUT2D eigenvalue weighted by Crippen LogP contribution is 2.43. The van der Waals surface area contributed by atoms with E-state index in [4.69, 9.17) is 0 Å². The van der Waals surface area contributed by atoms with E-state index in [1.54, 1.807) is 0 Å². The summed E-state index contributed by atoms with van der Waals surface area (Å²) >= 11 is 2.82. The van der Waals surface area contributed by atoms with Crippen molar-refractivity contribution in [3.8, 4) is 33.8 Å². The van der Waals surface area contributed by atoms with Crippen molar-refractivity contribution in [1.29, 1.82) is 0 Å². The fraction of sp³-hybridized carbons (Fsp3) is 0.432. The van der Waals surface area contributed by atoms with Crippen LogP contribution in [0.2, 0.25) is 0 Å². The van der Waals surface area contributed by atoms with Gasteiger partial charge in [0.25, 0.3) is 0 Å². The Morgan fingerprint density at radius 3 is 1.37 bits per heavy atom. The summed E-state index contributed by atoms with van der Waals surface area (Å²) in [6.45, 7) is 14.3. The number of phenols is 2. The molecular weight excluding hydrogens is 617 g/mol. The molecule has 4 aromatic rings. The first-order valence-corrected chi connectivity index (χ1v) is 17.3. The van der Waals surface area contributed by atoms with Crippen LogP contribution in [0.3, 0.4) is 0 Å². The molecule has 46 heavy (non-hydrogen) atoms. The largest absolute Gasteiger partial charge is 0.507 e. The molecule has 7 nitrogen and oxygen atoms in total. The molecule has 0 saturated carbocycles. The van der Waals surface area contributed by atoms with Crippen molar-refractivity contribution in [2.24, 2.45) is 0 Å². The normalized spacial score (nSPS) is 12.4. The number of aliphatic hydroxyl groups excluding tert-OH is 2. The van der Waals surface area contributed by atoms with E-state index in [2.05, 4.69) is 41.5 Å². The molecule has 0 saturated heterocycles. The van der Waals surface area contributed by atoms with Gasteiger partial charge in [-0.1, -0.05) is 41.5 Å². The van der Waals surface area contributed by atoms with Gasteiger partial charge in [-0.3, -0.25) is 14.6 Å². The molecule has 4 rings (SSSR count). The van der Waals surface area contributed by atoms with Crippen molar-refractivity contribution in [2.45, 2.75) is 65.5 Å². The molecule has 248 valence electrons. The van der Waals surface area contributed by atoms with Gasteiger partial charge in [0.15, 0.2) is 0 Å². The summed E-state index contributed by atoms with van der Waals surface area (Å²) in [6.07, 6.45) is 0. The number of thiophene rings is 2. The van der Waals surface area contributed by atoms with Crippen LogP contribution in [0.25, 0.3) is 22.3 Å². The van der Waals surface area contributed by atoms with Gasteiger partial charge in [0.1, 0.15) is 11.5 Å². The molecule has 4 N–H and O–H groups in total. The Labute approximate surface area is 281 Å². The standard InChI is InChI=1S/C37H48N2O5S2/c1-36(2,3)29-19-23(17-25(31(29)42)21-38(7)11-13-40)27-9-15-45-34(27)33(44)35-28(10-16-46-35)24-18-26(22-39(8)12-14-41)32(43)30(20-24)37(4,5)6/h9-10,15-20,40-43H,11-14,21-22H2,1-8H3. The van der Waals surface area contributed by atoms with E-state index in [1.807, 2.05) is 71.1 Å². The molecule has 0 aliphatic heterocycles. The maximum Gasteiger partial charge on any atom is 0.214 e. The molecule has 9 heteroatoms. The maximum atomic E-state index is 14.4. The molecule has 0 aliphatic rings. The van der Waals surface area contributed by atoms with Gasteiger partial charge in [-0.2, -0.15) is 0 Å². The molecule has 2 aromatic heterocycles. The molecule has 0 atom stereocenters. The van der Waals surface area contributed by atoms with Crippen molar-refractivity contribution in [3.63, 3.8) is 0 Å². The highest BCUT2D eigenvalue weighted by molar-refractivity contribution is 7.16. The SMILES string of the molecule is CN(CCO)Cc1cc(-c2ccsc2C(=O)c2sccc2-c2cc(CN(C)CCO)c(O)c(C(C)(C)C)c2)cc(C(C)(C)C)c1O. The van der Waals surface area contributed by atoms with Crippen LogP contribution in [-0.4, -0.2) is 76.4 Å². The van der Waals surface area contributed by atoms with E-state index in [0.29, 0.717) is 35.9 Å². The number of phenolic OH excluding ortho intramolecular Hbond substituents is 2. The Morgan fingerprint density at radius 2 is 1.04 bits per heavy atom. The second-order valence-corrected chi connectivity index (χ2v) is 16.0. The third-order valence-electron chi connectivity index (χ3n) is 8.20. The van der Waals surface area contributed by atoms with Crippen LogP contribution in [0.4, 0.5) is 0 Å². The highest BCUT2D eigenvalue weighted by atomic mass is 32.1. The fourth-order valence-electron chi connectivity index (χ4n) is 5.69. The topological polar surface area (TPSA) is 104 Å². The van der Waals surface area contributed by atoms with Crippen LogP contribution in [0.5, 0.6) is 11.5 Å². The van der Waals surface area contributed by atoms with Gasteiger partial charge < -0.3 is 20.4 Å². The number of hydrogen-bond acceptors (Lipinski definition) is 9. The number of benzene rings is 2. The second kappa shape index (κ2) is 14.4. The minimum absolute atomic E-state index is 0.0224. The zero-order valence-corrected chi connectivity index (χ0v) is 29.9. The van der Waals surface area contributed by atoms with E-state index >= 15 is 0 Å². The Balaban J connectivity index is 1.82. The third kappa shape index (κ3) is 7.90. The lowest BCUT2D eigenvalue weighted by Gasteiger charge is -2.25. The summed E-state index contributed by atoms with van der Waals surface area (Å²) in [7, 11) is 3.81. The molecule has 0 bridgehead atoms. The maximum absolute atomic E-state index is 14.4. The first-order valence-electron chi connectivity index (χ1n) is 15.6. The number of carbonyl (C=O) groups is 1. The Bertz CT molecular complexity index is 1550. The first kappa shape index (κ1) is 35.8. The van der Waals surface area contributed by atoms with E-state index in [9.17, 15) is 25.2 Å². The smallest absolute Gasteiger partial charge is 0.214 e. The van der Waals surface area contributed by atoms with Crippen molar-refractivity contribution in [2.75, 3.05) is 40.4 Å². The summed E-state index contributed by atoms with van der Waals surface area (Å²) in [5.74, 6) is 0.419. The number of hydrogen-bond donors (Lipinski definition) is 4. The molecule has 0 aliphatic carbocycles. The average molecular weight is 665 g/mol. The molecule has 0 spiro atoms. The van der Waals surface area contributed by atoms with Gasteiger partial charge in [0, 0.05) is 59.6 Å². The number of rotatable bonds is 12. The quantitative estimate of drug-likeness (QED) is 0.119. The Kier molecular flexibility index (Phi) is 11.2. The lowest BCUT2D eigenvalue weighted by atomic mass is 9.82. The number of ketones is 1.